The van der Waals surface area contributed by atoms with E-state index in [1.165, 1.54) is 6.20 Å². The Bertz CT molecular complexity index is 1090. The first-order valence-corrected chi connectivity index (χ1v) is 9.19. The summed E-state index contributed by atoms with van der Waals surface area (Å²) in [6.07, 6.45) is 6.44. The molecule has 1 saturated heterocycles. The van der Waals surface area contributed by atoms with Gasteiger partial charge in [-0.2, -0.15) is 5.01 Å². The van der Waals surface area contributed by atoms with Gasteiger partial charge >= 0.3 is 0 Å². The molecule has 0 atom stereocenters. The maximum Gasteiger partial charge on any atom is 0.285 e. The summed E-state index contributed by atoms with van der Waals surface area (Å²) in [5, 5.41) is 2.06. The summed E-state index contributed by atoms with van der Waals surface area (Å²) in [4.78, 5) is 33.7. The molecule has 1 aromatic carbocycles. The number of thiocarbonyl (C=S) groups is 1. The predicted molar refractivity (Wildman–Crippen MR) is 108 cm³/mol. The molecule has 6 nitrogen and oxygen atoms in total. The van der Waals surface area contributed by atoms with E-state index in [1.54, 1.807) is 30.6 Å². The van der Waals surface area contributed by atoms with Crippen LogP contribution in [-0.4, -0.2) is 31.1 Å². The Morgan fingerprint density at radius 1 is 1.15 bits per heavy atom. The van der Waals surface area contributed by atoms with Crippen molar-refractivity contribution in [3.63, 3.8) is 0 Å². The molecule has 8 heteroatoms. The van der Waals surface area contributed by atoms with Crippen LogP contribution < -0.4 is 5.43 Å². The minimum Gasteiger partial charge on any atom is -0.267 e. The number of rotatable bonds is 3. The van der Waals surface area contributed by atoms with Gasteiger partial charge in [-0.05, 0) is 36.5 Å². The van der Waals surface area contributed by atoms with Crippen molar-refractivity contribution < 1.29 is 9.59 Å². The quantitative estimate of drug-likeness (QED) is 0.545. The molecule has 2 aromatic heterocycles. The molecule has 2 amide bonds. The Kier molecular flexibility index (Phi) is 4.66. The molecule has 0 unspecified atom stereocenters. The third-order valence-corrected chi connectivity index (χ3v) is 5.18. The van der Waals surface area contributed by atoms with Gasteiger partial charge in [0.25, 0.3) is 11.8 Å². The van der Waals surface area contributed by atoms with E-state index in [-0.39, 0.29) is 10.2 Å². The molecule has 0 saturated carbocycles. The lowest BCUT2D eigenvalue weighted by atomic mass is 10.1. The Labute approximate surface area is 164 Å². The number of fused-ring (bicyclic) bond motifs is 1. The zero-order valence-electron chi connectivity index (χ0n) is 13.8. The summed E-state index contributed by atoms with van der Waals surface area (Å²) in [6, 6.07) is 12.8. The number of carbonyl (C=O) groups is 2. The van der Waals surface area contributed by atoms with Crippen molar-refractivity contribution in [2.24, 2.45) is 0 Å². The molecule has 132 valence electrons. The number of nitrogens with zero attached hydrogens (tertiary/aromatic N) is 3. The lowest BCUT2D eigenvalue weighted by molar-refractivity contribution is -0.123. The van der Waals surface area contributed by atoms with Crippen molar-refractivity contribution in [3.05, 3.63) is 77.1 Å². The molecule has 4 rings (SSSR count). The van der Waals surface area contributed by atoms with Gasteiger partial charge in [-0.15, -0.1) is 0 Å². The van der Waals surface area contributed by atoms with Crippen LogP contribution in [0.3, 0.4) is 0 Å². The largest absolute Gasteiger partial charge is 0.285 e. The highest BCUT2D eigenvalue weighted by Gasteiger charge is 2.34. The van der Waals surface area contributed by atoms with Gasteiger partial charge in [0.15, 0.2) is 4.32 Å². The van der Waals surface area contributed by atoms with Crippen molar-refractivity contribution in [3.8, 4) is 0 Å². The van der Waals surface area contributed by atoms with E-state index < -0.39 is 5.91 Å². The first-order valence-electron chi connectivity index (χ1n) is 7.96. The molecule has 1 N–H and O–H groups in total. The van der Waals surface area contributed by atoms with Gasteiger partial charge in [-0.25, -0.2) is 0 Å². The van der Waals surface area contributed by atoms with Gasteiger partial charge < -0.3 is 0 Å². The predicted octanol–water partition coefficient (Wildman–Crippen LogP) is 3.18. The molecule has 0 bridgehead atoms. The maximum atomic E-state index is 12.7. The molecule has 1 fully saturated rings. The summed E-state index contributed by atoms with van der Waals surface area (Å²) >= 11 is 6.39. The third kappa shape index (κ3) is 3.44. The fourth-order valence-electron chi connectivity index (χ4n) is 2.61. The smallest absolute Gasteiger partial charge is 0.267 e. The van der Waals surface area contributed by atoms with Gasteiger partial charge in [0, 0.05) is 29.5 Å². The fraction of sp³-hybridized carbons (Fsp3) is 0. The number of hydrogen-bond acceptors (Lipinski definition) is 6. The fourth-order valence-corrected chi connectivity index (χ4v) is 3.78. The number of para-hydroxylation sites is 1. The van der Waals surface area contributed by atoms with Crippen LogP contribution in [-0.2, 0) is 4.79 Å². The molecular weight excluding hydrogens is 380 g/mol. The second-order valence-corrected chi connectivity index (χ2v) is 7.30. The summed E-state index contributed by atoms with van der Waals surface area (Å²) < 4.78 is 0.261. The van der Waals surface area contributed by atoms with Crippen molar-refractivity contribution in [1.29, 1.82) is 0 Å². The van der Waals surface area contributed by atoms with Crippen LogP contribution >= 0.6 is 24.0 Å². The van der Waals surface area contributed by atoms with Crippen molar-refractivity contribution >= 4 is 57.1 Å². The van der Waals surface area contributed by atoms with Crippen LogP contribution in [0.2, 0.25) is 0 Å². The lowest BCUT2D eigenvalue weighted by Gasteiger charge is -2.15. The van der Waals surface area contributed by atoms with Crippen LogP contribution in [0, 0.1) is 0 Å². The van der Waals surface area contributed by atoms with E-state index in [0.29, 0.717) is 10.5 Å². The molecule has 0 radical (unpaired) electrons. The van der Waals surface area contributed by atoms with E-state index in [1.807, 2.05) is 30.3 Å². The van der Waals surface area contributed by atoms with Crippen LogP contribution in [0.15, 0.2) is 66.0 Å². The van der Waals surface area contributed by atoms with E-state index >= 15 is 0 Å². The Morgan fingerprint density at radius 3 is 2.78 bits per heavy atom. The zero-order valence-corrected chi connectivity index (χ0v) is 15.5. The second-order valence-electron chi connectivity index (χ2n) is 5.62. The minimum atomic E-state index is -0.451. The van der Waals surface area contributed by atoms with Crippen LogP contribution in [0.5, 0.6) is 0 Å². The van der Waals surface area contributed by atoms with E-state index in [2.05, 4.69) is 15.4 Å². The van der Waals surface area contributed by atoms with Crippen LogP contribution in [0.4, 0.5) is 0 Å². The van der Waals surface area contributed by atoms with E-state index in [4.69, 9.17) is 12.2 Å². The molecule has 3 heterocycles. The van der Waals surface area contributed by atoms with Gasteiger partial charge in [-0.1, -0.05) is 36.0 Å². The number of nitrogens with one attached hydrogen (secondary N) is 1. The van der Waals surface area contributed by atoms with E-state index in [0.717, 1.165) is 33.2 Å². The first kappa shape index (κ1) is 17.3. The molecule has 3 aromatic rings. The zero-order chi connectivity index (χ0) is 18.8. The Hall–Kier alpha value is -3.10. The summed E-state index contributed by atoms with van der Waals surface area (Å²) in [7, 11) is 0. The Balaban J connectivity index is 1.61. The monoisotopic (exact) mass is 392 g/mol. The summed E-state index contributed by atoms with van der Waals surface area (Å²) in [5.41, 5.74) is 4.48. The van der Waals surface area contributed by atoms with Gasteiger partial charge in [-0.3, -0.25) is 25.0 Å². The minimum absolute atomic E-state index is 0.261. The molecule has 1 aliphatic heterocycles. The van der Waals surface area contributed by atoms with E-state index in [9.17, 15) is 9.59 Å². The molecule has 0 spiro atoms. The number of hydrogen-bond donors (Lipinski definition) is 1. The third-order valence-electron chi connectivity index (χ3n) is 3.88. The second kappa shape index (κ2) is 7.26. The van der Waals surface area contributed by atoms with Crippen molar-refractivity contribution in [2.45, 2.75) is 0 Å². The van der Waals surface area contributed by atoms with Gasteiger partial charge in [0.05, 0.1) is 16.0 Å². The number of aromatic nitrogens is 2. The SMILES string of the molecule is O=C(NN1C(=O)C(=Cc2cccc3cccnc23)SC1=S)c1cccnc1. The Morgan fingerprint density at radius 2 is 1.96 bits per heavy atom. The maximum absolute atomic E-state index is 12.7. The number of benzene rings is 1. The van der Waals surface area contributed by atoms with Crippen molar-refractivity contribution in [2.75, 3.05) is 0 Å². The number of thioether (sulfide) groups is 1. The lowest BCUT2D eigenvalue weighted by Crippen LogP contribution is -2.44. The molecule has 0 aliphatic carbocycles. The van der Waals surface area contributed by atoms with Gasteiger partial charge in [0.2, 0.25) is 0 Å². The highest BCUT2D eigenvalue weighted by molar-refractivity contribution is 8.26. The summed E-state index contributed by atoms with van der Waals surface area (Å²) in [6.45, 7) is 0. The number of hydrazine groups is 1. The van der Waals surface area contributed by atoms with Crippen LogP contribution in [0.25, 0.3) is 17.0 Å². The number of carbonyl (C=O) groups excluding carboxylic acids is 2. The average molecular weight is 392 g/mol. The average Bonchev–Trinajstić information content (AvgIpc) is 2.96. The standard InChI is InChI=1S/C19H12N4O2S2/c24-17(14-7-2-8-20-11-14)22-23-18(25)15(27-19(23)26)10-13-5-1-4-12-6-3-9-21-16(12)13/h1-11H,(H,22,24). The molecule has 1 aliphatic rings. The molecule has 27 heavy (non-hydrogen) atoms. The van der Waals surface area contributed by atoms with Crippen molar-refractivity contribution in [1.82, 2.24) is 20.4 Å². The normalized spacial score (nSPS) is 15.6. The highest BCUT2D eigenvalue weighted by Crippen LogP contribution is 2.32. The first-order chi connectivity index (χ1) is 13.1. The highest BCUT2D eigenvalue weighted by atomic mass is 32.2. The van der Waals surface area contributed by atoms with Gasteiger partial charge in [0.1, 0.15) is 0 Å². The van der Waals surface area contributed by atoms with Crippen LogP contribution in [0.1, 0.15) is 15.9 Å². The molecular formula is C19H12N4O2S2. The number of pyridine rings is 2. The topological polar surface area (TPSA) is 75.2 Å². The number of amides is 2. The summed E-state index contributed by atoms with van der Waals surface area (Å²) in [5.74, 6) is -0.831.